The van der Waals surface area contributed by atoms with Crippen molar-refractivity contribution >= 4 is 13.7 Å². The third-order valence-electron chi connectivity index (χ3n) is 1.41. The standard InChI is InChI=1S/C9H9FO4P/c1-2-13-15(12)9(11)14-8-5-3-7(10)4-6-8/h3-6H,2H2,1H3/q+1. The fraction of sp³-hybridized carbons (Fsp3) is 0.222. The summed E-state index contributed by atoms with van der Waals surface area (Å²) < 4.78 is 32.7. The lowest BCUT2D eigenvalue weighted by Gasteiger charge is -1.95. The summed E-state index contributed by atoms with van der Waals surface area (Å²) in [6.07, 6.45) is 0. The second kappa shape index (κ2) is 5.53. The third-order valence-corrected chi connectivity index (χ3v) is 2.30. The van der Waals surface area contributed by atoms with Gasteiger partial charge in [0.15, 0.2) is 0 Å². The highest BCUT2D eigenvalue weighted by Gasteiger charge is 2.33. The summed E-state index contributed by atoms with van der Waals surface area (Å²) in [5.74, 6) is -0.312. The van der Waals surface area contributed by atoms with Crippen LogP contribution in [0.4, 0.5) is 9.18 Å². The molecule has 1 aromatic carbocycles. The minimum absolute atomic E-state index is 0.129. The molecule has 15 heavy (non-hydrogen) atoms. The molecule has 0 bridgehead atoms. The molecule has 1 rings (SSSR count). The van der Waals surface area contributed by atoms with E-state index in [1.165, 1.54) is 12.1 Å². The molecule has 0 amide bonds. The van der Waals surface area contributed by atoms with Crippen LogP contribution in [0.2, 0.25) is 0 Å². The van der Waals surface area contributed by atoms with Gasteiger partial charge >= 0.3 is 13.7 Å². The molecule has 4 nitrogen and oxygen atoms in total. The van der Waals surface area contributed by atoms with Crippen molar-refractivity contribution in [2.45, 2.75) is 6.92 Å². The molecule has 0 aliphatic heterocycles. The van der Waals surface area contributed by atoms with Crippen LogP contribution in [0.3, 0.4) is 0 Å². The lowest BCUT2D eigenvalue weighted by atomic mass is 10.3. The van der Waals surface area contributed by atoms with Gasteiger partial charge in [0.25, 0.3) is 0 Å². The van der Waals surface area contributed by atoms with Crippen LogP contribution in [0, 0.1) is 5.82 Å². The average molecular weight is 231 g/mol. The molecule has 1 aromatic rings. The van der Waals surface area contributed by atoms with E-state index in [2.05, 4.69) is 9.26 Å². The number of benzene rings is 1. The van der Waals surface area contributed by atoms with E-state index in [-0.39, 0.29) is 12.4 Å². The molecule has 0 spiro atoms. The van der Waals surface area contributed by atoms with Gasteiger partial charge < -0.3 is 4.74 Å². The van der Waals surface area contributed by atoms with Gasteiger partial charge in [-0.3, -0.25) is 0 Å². The first-order valence-corrected chi connectivity index (χ1v) is 5.38. The topological polar surface area (TPSA) is 52.6 Å². The zero-order chi connectivity index (χ0) is 11.3. The van der Waals surface area contributed by atoms with Gasteiger partial charge in [-0.15, -0.1) is 4.52 Å². The maximum absolute atomic E-state index is 12.5. The van der Waals surface area contributed by atoms with E-state index in [4.69, 9.17) is 0 Å². The highest BCUT2D eigenvalue weighted by Crippen LogP contribution is 2.26. The van der Waals surface area contributed by atoms with Gasteiger partial charge in [-0.2, -0.15) is 4.79 Å². The Labute approximate surface area is 86.9 Å². The van der Waals surface area contributed by atoms with E-state index < -0.39 is 19.6 Å². The van der Waals surface area contributed by atoms with Gasteiger partial charge in [0.2, 0.25) is 0 Å². The van der Waals surface area contributed by atoms with Crippen LogP contribution >= 0.6 is 8.03 Å². The van der Waals surface area contributed by atoms with Gasteiger partial charge in [0.1, 0.15) is 18.2 Å². The Bertz CT molecular complexity index is 363. The fourth-order valence-electron chi connectivity index (χ4n) is 0.811. The molecule has 80 valence electrons. The van der Waals surface area contributed by atoms with Crippen LogP contribution in [0.15, 0.2) is 24.3 Å². The summed E-state index contributed by atoms with van der Waals surface area (Å²) in [7, 11) is -2.48. The Kier molecular flexibility index (Phi) is 4.34. The normalized spacial score (nSPS) is 10.9. The molecular weight excluding hydrogens is 222 g/mol. The molecule has 0 aliphatic rings. The van der Waals surface area contributed by atoms with Crippen LogP contribution < -0.4 is 4.74 Å². The van der Waals surface area contributed by atoms with E-state index in [1.807, 2.05) is 0 Å². The molecule has 0 saturated heterocycles. The SMILES string of the molecule is CCO[P+](=O)C(=O)Oc1ccc(F)cc1. The van der Waals surface area contributed by atoms with Crippen LogP contribution in [0.5, 0.6) is 5.75 Å². The van der Waals surface area contributed by atoms with E-state index in [9.17, 15) is 13.8 Å². The molecule has 0 N–H and O–H groups in total. The maximum atomic E-state index is 12.5. The molecule has 0 aromatic heterocycles. The summed E-state index contributed by atoms with van der Waals surface area (Å²) in [5, 5.41) is 0. The minimum atomic E-state index is -2.48. The second-order valence-electron chi connectivity index (χ2n) is 2.50. The molecular formula is C9H9FO4P+. The highest BCUT2D eigenvalue weighted by atomic mass is 31.1. The largest absolute Gasteiger partial charge is 0.636 e. The summed E-state index contributed by atoms with van der Waals surface area (Å²) >= 11 is 0. The Morgan fingerprint density at radius 3 is 2.53 bits per heavy atom. The minimum Gasteiger partial charge on any atom is -0.386 e. The fourth-order valence-corrected chi connectivity index (χ4v) is 1.33. The van der Waals surface area contributed by atoms with E-state index in [1.54, 1.807) is 6.92 Å². The van der Waals surface area contributed by atoms with Crippen LogP contribution in [-0.4, -0.2) is 12.3 Å². The Balaban J connectivity index is 2.58. The Hall–Kier alpha value is -1.32. The first kappa shape index (κ1) is 11.8. The molecule has 6 heteroatoms. The highest BCUT2D eigenvalue weighted by molar-refractivity contribution is 7.58. The molecule has 0 heterocycles. The van der Waals surface area contributed by atoms with Crippen LogP contribution in [0.25, 0.3) is 0 Å². The molecule has 0 saturated carbocycles. The zero-order valence-corrected chi connectivity index (χ0v) is 8.87. The third kappa shape index (κ3) is 3.73. The van der Waals surface area contributed by atoms with Crippen molar-refractivity contribution in [2.75, 3.05) is 6.61 Å². The first-order chi connectivity index (χ1) is 7.13. The molecule has 1 unspecified atom stereocenters. The van der Waals surface area contributed by atoms with Crippen molar-refractivity contribution in [2.24, 2.45) is 0 Å². The molecule has 0 aliphatic carbocycles. The Morgan fingerprint density at radius 1 is 1.40 bits per heavy atom. The van der Waals surface area contributed by atoms with Gasteiger partial charge in [0.05, 0.1) is 0 Å². The van der Waals surface area contributed by atoms with E-state index in [0.29, 0.717) is 0 Å². The van der Waals surface area contributed by atoms with Crippen molar-refractivity contribution in [1.29, 1.82) is 0 Å². The number of carbonyl (C=O) groups excluding carboxylic acids is 1. The number of rotatable bonds is 4. The lowest BCUT2D eigenvalue weighted by Crippen LogP contribution is -2.01. The van der Waals surface area contributed by atoms with Gasteiger partial charge in [-0.05, 0) is 35.8 Å². The quantitative estimate of drug-likeness (QED) is 0.747. The van der Waals surface area contributed by atoms with Gasteiger partial charge in [-0.25, -0.2) is 4.39 Å². The number of hydrogen-bond acceptors (Lipinski definition) is 4. The van der Waals surface area contributed by atoms with Crippen molar-refractivity contribution in [3.05, 3.63) is 30.1 Å². The first-order valence-electron chi connectivity index (χ1n) is 4.21. The smallest absolute Gasteiger partial charge is 0.386 e. The van der Waals surface area contributed by atoms with Gasteiger partial charge in [-0.1, -0.05) is 0 Å². The lowest BCUT2D eigenvalue weighted by molar-refractivity contribution is 0.218. The molecule has 0 radical (unpaired) electrons. The number of carbonyl (C=O) groups is 1. The van der Waals surface area contributed by atoms with Crippen molar-refractivity contribution in [1.82, 2.24) is 0 Å². The molecule has 0 fully saturated rings. The number of hydrogen-bond donors (Lipinski definition) is 0. The summed E-state index contributed by atoms with van der Waals surface area (Å²) in [4.78, 5) is 11.1. The molecule has 1 atom stereocenters. The van der Waals surface area contributed by atoms with E-state index in [0.717, 1.165) is 12.1 Å². The van der Waals surface area contributed by atoms with Crippen molar-refractivity contribution < 1.29 is 23.0 Å². The van der Waals surface area contributed by atoms with E-state index >= 15 is 0 Å². The van der Waals surface area contributed by atoms with Crippen LogP contribution in [0.1, 0.15) is 6.92 Å². The zero-order valence-electron chi connectivity index (χ0n) is 7.97. The predicted molar refractivity (Wildman–Crippen MR) is 51.7 cm³/mol. The Morgan fingerprint density at radius 2 is 2.00 bits per heavy atom. The van der Waals surface area contributed by atoms with Crippen molar-refractivity contribution in [3.63, 3.8) is 0 Å². The maximum Gasteiger partial charge on any atom is 0.636 e. The van der Waals surface area contributed by atoms with Gasteiger partial charge in [0, 0.05) is 0 Å². The number of halogens is 1. The summed E-state index contributed by atoms with van der Waals surface area (Å²) in [5.41, 5.74) is -0.974. The summed E-state index contributed by atoms with van der Waals surface area (Å²) in [6.45, 7) is 1.77. The van der Waals surface area contributed by atoms with Crippen molar-refractivity contribution in [3.8, 4) is 5.75 Å². The second-order valence-corrected chi connectivity index (χ2v) is 3.63. The summed E-state index contributed by atoms with van der Waals surface area (Å²) in [6, 6.07) is 4.80. The number of ether oxygens (including phenoxy) is 1. The average Bonchev–Trinajstić information content (AvgIpc) is 2.22. The van der Waals surface area contributed by atoms with Crippen LogP contribution in [-0.2, 0) is 9.09 Å². The monoisotopic (exact) mass is 231 g/mol. The predicted octanol–water partition coefficient (Wildman–Crippen LogP) is 3.10.